The van der Waals surface area contributed by atoms with Crippen LogP contribution < -0.4 is 14.9 Å². The zero-order valence-corrected chi connectivity index (χ0v) is 15.1. The van der Waals surface area contributed by atoms with Crippen LogP contribution in [0.2, 0.25) is 0 Å². The number of benzene rings is 1. The van der Waals surface area contributed by atoms with Crippen molar-refractivity contribution in [1.29, 1.82) is 0 Å². The molecule has 1 amide bonds. The predicted octanol–water partition coefficient (Wildman–Crippen LogP) is 3.10. The SMILES string of the molecule is COc1cccc(COc2coc(C(=O)N3CCC(C)CC3)cc2=O)c1. The van der Waals surface area contributed by atoms with E-state index in [9.17, 15) is 9.59 Å². The molecule has 0 aliphatic carbocycles. The van der Waals surface area contributed by atoms with Crippen LogP contribution in [-0.4, -0.2) is 31.0 Å². The van der Waals surface area contributed by atoms with E-state index in [1.807, 2.05) is 24.3 Å². The highest BCUT2D eigenvalue weighted by Gasteiger charge is 2.23. The molecule has 1 aliphatic heterocycles. The van der Waals surface area contributed by atoms with Crippen LogP contribution in [0.5, 0.6) is 11.5 Å². The van der Waals surface area contributed by atoms with Crippen molar-refractivity contribution >= 4 is 5.91 Å². The monoisotopic (exact) mass is 357 g/mol. The predicted molar refractivity (Wildman–Crippen MR) is 96.6 cm³/mol. The molecule has 1 aliphatic rings. The van der Waals surface area contributed by atoms with Gasteiger partial charge in [0, 0.05) is 19.2 Å². The third-order valence-electron chi connectivity index (χ3n) is 4.61. The fourth-order valence-electron chi connectivity index (χ4n) is 2.91. The molecule has 138 valence electrons. The minimum atomic E-state index is -0.368. The topological polar surface area (TPSA) is 69.0 Å². The average Bonchev–Trinajstić information content (AvgIpc) is 2.67. The maximum Gasteiger partial charge on any atom is 0.289 e. The molecule has 0 spiro atoms. The van der Waals surface area contributed by atoms with Gasteiger partial charge in [-0.15, -0.1) is 0 Å². The van der Waals surface area contributed by atoms with Crippen LogP contribution in [-0.2, 0) is 6.61 Å². The summed E-state index contributed by atoms with van der Waals surface area (Å²) < 4.78 is 16.1. The Balaban J connectivity index is 1.65. The van der Waals surface area contributed by atoms with Crippen molar-refractivity contribution < 1.29 is 18.7 Å². The van der Waals surface area contributed by atoms with Gasteiger partial charge in [-0.2, -0.15) is 0 Å². The van der Waals surface area contributed by atoms with Gasteiger partial charge in [0.2, 0.25) is 11.2 Å². The Labute approximate surface area is 152 Å². The molecule has 1 saturated heterocycles. The van der Waals surface area contributed by atoms with Crippen molar-refractivity contribution in [3.8, 4) is 11.5 Å². The molecular formula is C20H23NO5. The Morgan fingerprint density at radius 2 is 2.04 bits per heavy atom. The summed E-state index contributed by atoms with van der Waals surface area (Å²) in [5.74, 6) is 1.23. The van der Waals surface area contributed by atoms with E-state index in [0.717, 1.165) is 24.2 Å². The highest BCUT2D eigenvalue weighted by Crippen LogP contribution is 2.19. The van der Waals surface area contributed by atoms with Crippen LogP contribution in [0.15, 0.2) is 45.8 Å². The summed E-state index contributed by atoms with van der Waals surface area (Å²) in [4.78, 5) is 26.4. The number of hydrogen-bond donors (Lipinski definition) is 0. The van der Waals surface area contributed by atoms with Gasteiger partial charge in [-0.1, -0.05) is 19.1 Å². The van der Waals surface area contributed by atoms with E-state index < -0.39 is 0 Å². The Morgan fingerprint density at radius 3 is 2.73 bits per heavy atom. The van der Waals surface area contributed by atoms with Gasteiger partial charge in [0.1, 0.15) is 18.6 Å². The molecule has 1 aromatic carbocycles. The minimum absolute atomic E-state index is 0.0540. The van der Waals surface area contributed by atoms with Crippen molar-refractivity contribution in [3.05, 3.63) is 58.1 Å². The third kappa shape index (κ3) is 4.25. The van der Waals surface area contributed by atoms with Crippen LogP contribution in [0, 0.1) is 5.92 Å². The van der Waals surface area contributed by atoms with Gasteiger partial charge in [-0.05, 0) is 36.5 Å². The first kappa shape index (κ1) is 18.0. The molecule has 2 heterocycles. The minimum Gasteiger partial charge on any atom is -0.497 e. The van der Waals surface area contributed by atoms with Gasteiger partial charge in [0.15, 0.2) is 5.76 Å². The van der Waals surface area contributed by atoms with Crippen LogP contribution in [0.4, 0.5) is 0 Å². The van der Waals surface area contributed by atoms with Crippen molar-refractivity contribution in [2.45, 2.75) is 26.4 Å². The highest BCUT2D eigenvalue weighted by molar-refractivity contribution is 5.91. The van der Waals surface area contributed by atoms with Crippen molar-refractivity contribution in [2.75, 3.05) is 20.2 Å². The zero-order valence-electron chi connectivity index (χ0n) is 15.1. The molecule has 26 heavy (non-hydrogen) atoms. The molecule has 0 atom stereocenters. The van der Waals surface area contributed by atoms with E-state index in [4.69, 9.17) is 13.9 Å². The lowest BCUT2D eigenvalue weighted by Crippen LogP contribution is -2.38. The smallest absolute Gasteiger partial charge is 0.289 e. The number of methoxy groups -OCH3 is 1. The average molecular weight is 357 g/mol. The fourth-order valence-corrected chi connectivity index (χ4v) is 2.91. The molecule has 0 saturated carbocycles. The number of carbonyl (C=O) groups excluding carboxylic acids is 1. The van der Waals surface area contributed by atoms with E-state index >= 15 is 0 Å². The first-order valence-corrected chi connectivity index (χ1v) is 8.74. The number of amides is 1. The molecule has 1 fully saturated rings. The third-order valence-corrected chi connectivity index (χ3v) is 4.61. The van der Waals surface area contributed by atoms with Crippen LogP contribution >= 0.6 is 0 Å². The molecule has 0 N–H and O–H groups in total. The lowest BCUT2D eigenvalue weighted by Gasteiger charge is -2.29. The Kier molecular flexibility index (Phi) is 5.61. The Bertz CT molecular complexity index is 821. The summed E-state index contributed by atoms with van der Waals surface area (Å²) in [5.41, 5.74) is 0.499. The van der Waals surface area contributed by atoms with Crippen LogP contribution in [0.3, 0.4) is 0 Å². The molecule has 6 nitrogen and oxygen atoms in total. The van der Waals surface area contributed by atoms with E-state index in [1.54, 1.807) is 12.0 Å². The van der Waals surface area contributed by atoms with Crippen LogP contribution in [0.1, 0.15) is 35.9 Å². The van der Waals surface area contributed by atoms with Crippen molar-refractivity contribution in [2.24, 2.45) is 5.92 Å². The second-order valence-corrected chi connectivity index (χ2v) is 6.59. The number of piperidine rings is 1. The second-order valence-electron chi connectivity index (χ2n) is 6.59. The summed E-state index contributed by atoms with van der Waals surface area (Å²) >= 11 is 0. The molecule has 0 unspecified atom stereocenters. The fraction of sp³-hybridized carbons (Fsp3) is 0.400. The van der Waals surface area contributed by atoms with E-state index in [-0.39, 0.29) is 29.5 Å². The molecule has 1 aromatic heterocycles. The lowest BCUT2D eigenvalue weighted by atomic mass is 9.99. The van der Waals surface area contributed by atoms with Gasteiger partial charge < -0.3 is 18.8 Å². The summed E-state index contributed by atoms with van der Waals surface area (Å²) in [7, 11) is 1.59. The number of hydrogen-bond acceptors (Lipinski definition) is 5. The molecular weight excluding hydrogens is 334 g/mol. The zero-order chi connectivity index (χ0) is 18.5. The van der Waals surface area contributed by atoms with Gasteiger partial charge >= 0.3 is 0 Å². The number of carbonyl (C=O) groups is 1. The van der Waals surface area contributed by atoms with Crippen molar-refractivity contribution in [1.82, 2.24) is 4.90 Å². The summed E-state index contributed by atoms with van der Waals surface area (Å²) in [6.45, 7) is 3.77. The number of ether oxygens (including phenoxy) is 2. The highest BCUT2D eigenvalue weighted by atomic mass is 16.5. The molecule has 2 aromatic rings. The second kappa shape index (κ2) is 8.08. The summed E-state index contributed by atoms with van der Waals surface area (Å²) in [6, 6.07) is 8.60. The molecule has 0 radical (unpaired) electrons. The van der Waals surface area contributed by atoms with Gasteiger partial charge in [-0.25, -0.2) is 0 Å². The first-order chi connectivity index (χ1) is 12.6. The first-order valence-electron chi connectivity index (χ1n) is 8.74. The largest absolute Gasteiger partial charge is 0.497 e. The normalized spacial score (nSPS) is 14.9. The van der Waals surface area contributed by atoms with Crippen molar-refractivity contribution in [3.63, 3.8) is 0 Å². The Hall–Kier alpha value is -2.76. The quantitative estimate of drug-likeness (QED) is 0.822. The summed E-state index contributed by atoms with van der Waals surface area (Å²) in [5, 5.41) is 0. The van der Waals surface area contributed by atoms with E-state index in [2.05, 4.69) is 6.92 Å². The van der Waals surface area contributed by atoms with Crippen LogP contribution in [0.25, 0.3) is 0 Å². The number of likely N-dealkylation sites (tertiary alicyclic amines) is 1. The maximum absolute atomic E-state index is 12.5. The molecule has 0 bridgehead atoms. The number of rotatable bonds is 5. The van der Waals surface area contributed by atoms with Gasteiger partial charge in [0.05, 0.1) is 7.11 Å². The summed E-state index contributed by atoms with van der Waals surface area (Å²) in [6.07, 6.45) is 3.15. The number of nitrogens with zero attached hydrogens (tertiary/aromatic N) is 1. The Morgan fingerprint density at radius 1 is 1.27 bits per heavy atom. The van der Waals surface area contributed by atoms with E-state index in [1.165, 1.54) is 12.3 Å². The van der Waals surface area contributed by atoms with E-state index in [0.29, 0.717) is 19.0 Å². The van der Waals surface area contributed by atoms with Gasteiger partial charge in [0.25, 0.3) is 5.91 Å². The molecule has 6 heteroatoms. The maximum atomic E-state index is 12.5. The van der Waals surface area contributed by atoms with Gasteiger partial charge in [-0.3, -0.25) is 9.59 Å². The standard InChI is InChI=1S/C20H23NO5/c1-14-6-8-21(9-7-14)20(23)18-11-17(22)19(13-26-18)25-12-15-4-3-5-16(10-15)24-2/h3-5,10-11,13-14H,6-9,12H2,1-2H3. The molecule has 3 rings (SSSR count). The lowest BCUT2D eigenvalue weighted by molar-refractivity contribution is 0.0661.